The minimum Gasteiger partial charge on any atom is -0.438 e. The van der Waals surface area contributed by atoms with E-state index < -0.39 is 0 Å². The van der Waals surface area contributed by atoms with Gasteiger partial charge in [-0.15, -0.1) is 0 Å². The number of hydrogen-bond acceptors (Lipinski definition) is 5. The van der Waals surface area contributed by atoms with E-state index in [-0.39, 0.29) is 23.7 Å². The van der Waals surface area contributed by atoms with Crippen LogP contribution in [0.15, 0.2) is 10.8 Å². The molecule has 1 aromatic heterocycles. The summed E-state index contributed by atoms with van der Waals surface area (Å²) in [5, 5.41) is 2.77. The number of ether oxygens (including phenoxy) is 1. The Morgan fingerprint density at radius 3 is 2.61 bits per heavy atom. The highest BCUT2D eigenvalue weighted by atomic mass is 16.5. The summed E-state index contributed by atoms with van der Waals surface area (Å²) >= 11 is 0. The highest BCUT2D eigenvalue weighted by Gasteiger charge is 2.26. The third-order valence-electron chi connectivity index (χ3n) is 3.85. The minimum absolute atomic E-state index is 0.0537. The van der Waals surface area contributed by atoms with Crippen molar-refractivity contribution in [1.82, 2.24) is 20.1 Å². The first kappa shape index (κ1) is 17.3. The van der Waals surface area contributed by atoms with E-state index in [4.69, 9.17) is 9.15 Å². The summed E-state index contributed by atoms with van der Waals surface area (Å²) in [4.78, 5) is 31.6. The summed E-state index contributed by atoms with van der Waals surface area (Å²) in [7, 11) is 3.45. The number of nitrogens with zero attached hydrogens (tertiary/aromatic N) is 3. The average molecular weight is 324 g/mol. The zero-order chi connectivity index (χ0) is 16.8. The van der Waals surface area contributed by atoms with Crippen LogP contribution in [0.3, 0.4) is 0 Å². The lowest BCUT2D eigenvalue weighted by Crippen LogP contribution is -2.50. The van der Waals surface area contributed by atoms with Crippen molar-refractivity contribution in [2.24, 2.45) is 0 Å². The number of hydrogen-bond donors (Lipinski definition) is 1. The van der Waals surface area contributed by atoms with Crippen LogP contribution in [0.1, 0.15) is 29.1 Å². The van der Waals surface area contributed by atoms with Crippen LogP contribution in [0.25, 0.3) is 0 Å². The molecule has 0 spiro atoms. The van der Waals surface area contributed by atoms with Crippen LogP contribution >= 0.6 is 0 Å². The van der Waals surface area contributed by atoms with Crippen molar-refractivity contribution >= 4 is 11.9 Å². The third-order valence-corrected chi connectivity index (χ3v) is 3.85. The molecule has 3 amide bonds. The van der Waals surface area contributed by atoms with Crippen molar-refractivity contribution in [1.29, 1.82) is 0 Å². The number of carbonyl (C=O) groups excluding carboxylic acids is 2. The van der Waals surface area contributed by atoms with E-state index in [1.165, 1.54) is 6.39 Å². The van der Waals surface area contributed by atoms with Gasteiger partial charge in [0, 0.05) is 46.4 Å². The first-order valence-electron chi connectivity index (χ1n) is 7.74. The third kappa shape index (κ3) is 4.44. The maximum Gasteiger partial charge on any atom is 0.319 e. The Balaban J connectivity index is 1.91. The molecule has 0 aliphatic carbocycles. The van der Waals surface area contributed by atoms with Crippen molar-refractivity contribution in [2.75, 3.05) is 40.4 Å². The van der Waals surface area contributed by atoms with Gasteiger partial charge in [-0.2, -0.15) is 0 Å². The molecule has 0 unspecified atom stereocenters. The average Bonchev–Trinajstić information content (AvgIpc) is 2.97. The fourth-order valence-corrected chi connectivity index (χ4v) is 2.58. The number of aromatic nitrogens is 1. The molecular formula is C15H24N4O4. The van der Waals surface area contributed by atoms with E-state index in [2.05, 4.69) is 10.3 Å². The molecule has 23 heavy (non-hydrogen) atoms. The van der Waals surface area contributed by atoms with Crippen LogP contribution < -0.4 is 5.32 Å². The number of amides is 3. The fourth-order valence-electron chi connectivity index (χ4n) is 2.58. The molecule has 1 aliphatic rings. The summed E-state index contributed by atoms with van der Waals surface area (Å²) in [5.74, 6) is -0.106. The van der Waals surface area contributed by atoms with Gasteiger partial charge in [-0.3, -0.25) is 4.79 Å². The Bertz CT molecular complexity index is 537. The molecule has 0 bridgehead atoms. The summed E-state index contributed by atoms with van der Waals surface area (Å²) in [5.41, 5.74) is 0.549. The second kappa shape index (κ2) is 7.96. The van der Waals surface area contributed by atoms with E-state index in [0.29, 0.717) is 32.0 Å². The van der Waals surface area contributed by atoms with Gasteiger partial charge in [0.05, 0.1) is 5.69 Å². The molecule has 2 heterocycles. The van der Waals surface area contributed by atoms with Crippen LogP contribution in [0.2, 0.25) is 0 Å². The van der Waals surface area contributed by atoms with Gasteiger partial charge in [0.15, 0.2) is 6.39 Å². The van der Waals surface area contributed by atoms with Gasteiger partial charge in [-0.1, -0.05) is 0 Å². The Morgan fingerprint density at radius 1 is 1.35 bits per heavy atom. The topological polar surface area (TPSA) is 87.9 Å². The number of carbonyl (C=O) groups is 2. The summed E-state index contributed by atoms with van der Waals surface area (Å²) < 4.78 is 10.4. The highest BCUT2D eigenvalue weighted by Crippen LogP contribution is 2.15. The van der Waals surface area contributed by atoms with Gasteiger partial charge in [-0.25, -0.2) is 9.78 Å². The van der Waals surface area contributed by atoms with Crippen LogP contribution in [-0.2, 0) is 4.74 Å². The van der Waals surface area contributed by atoms with E-state index in [1.807, 2.05) is 0 Å². The number of rotatable bonds is 5. The number of oxazole rings is 1. The normalized spacial score (nSPS) is 15.3. The Kier molecular flexibility index (Phi) is 5.97. The minimum atomic E-state index is -0.316. The first-order chi connectivity index (χ1) is 11.0. The molecule has 1 saturated heterocycles. The van der Waals surface area contributed by atoms with Crippen LogP contribution in [-0.4, -0.2) is 73.2 Å². The van der Waals surface area contributed by atoms with E-state index in [0.717, 1.165) is 12.8 Å². The zero-order valence-corrected chi connectivity index (χ0v) is 13.9. The largest absolute Gasteiger partial charge is 0.438 e. The summed E-state index contributed by atoms with van der Waals surface area (Å²) in [6.45, 7) is 3.83. The molecule has 2 rings (SSSR count). The molecule has 128 valence electrons. The molecule has 1 aromatic rings. The molecule has 8 heteroatoms. The summed E-state index contributed by atoms with van der Waals surface area (Å²) in [6, 6.07) is 0.0876. The highest BCUT2D eigenvalue weighted by molar-refractivity contribution is 5.92. The van der Waals surface area contributed by atoms with E-state index in [9.17, 15) is 9.59 Å². The number of aryl methyl sites for hydroxylation is 1. The maximum absolute atomic E-state index is 12.4. The molecular weight excluding hydrogens is 300 g/mol. The fraction of sp³-hybridized carbons (Fsp3) is 0.667. The molecule has 1 fully saturated rings. The Morgan fingerprint density at radius 2 is 2.04 bits per heavy atom. The van der Waals surface area contributed by atoms with E-state index >= 15 is 0 Å². The van der Waals surface area contributed by atoms with Gasteiger partial charge < -0.3 is 24.3 Å². The lowest BCUT2D eigenvalue weighted by atomic mass is 10.1. The first-order valence-corrected chi connectivity index (χ1v) is 7.74. The van der Waals surface area contributed by atoms with Crippen molar-refractivity contribution in [3.05, 3.63) is 17.8 Å². The molecule has 1 aliphatic heterocycles. The summed E-state index contributed by atoms with van der Waals surface area (Å²) in [6.07, 6.45) is 2.87. The van der Waals surface area contributed by atoms with Crippen LogP contribution in [0, 0.1) is 6.92 Å². The second-order valence-electron chi connectivity index (χ2n) is 5.74. The van der Waals surface area contributed by atoms with E-state index in [1.54, 1.807) is 30.8 Å². The van der Waals surface area contributed by atoms with Crippen LogP contribution in [0.5, 0.6) is 0 Å². The maximum atomic E-state index is 12.4. The molecule has 8 nitrogen and oxygen atoms in total. The predicted molar refractivity (Wildman–Crippen MR) is 83.2 cm³/mol. The quantitative estimate of drug-likeness (QED) is 0.868. The second-order valence-corrected chi connectivity index (χ2v) is 5.74. The Labute approximate surface area is 135 Å². The van der Waals surface area contributed by atoms with Gasteiger partial charge >= 0.3 is 6.03 Å². The van der Waals surface area contributed by atoms with Crippen molar-refractivity contribution < 1.29 is 18.7 Å². The Hall–Kier alpha value is -2.09. The molecule has 1 N–H and O–H groups in total. The molecule has 0 aromatic carbocycles. The monoisotopic (exact) mass is 324 g/mol. The van der Waals surface area contributed by atoms with Gasteiger partial charge in [0.2, 0.25) is 5.76 Å². The zero-order valence-electron chi connectivity index (χ0n) is 13.9. The standard InChI is InChI=1S/C15H24N4O4/c1-11-13(23-10-17-11)14(20)16-6-7-19(15(21)18(2)3)12-4-8-22-9-5-12/h10,12H,4-9H2,1-3H3,(H,16,20). The van der Waals surface area contributed by atoms with Gasteiger partial charge in [0.25, 0.3) is 5.91 Å². The molecule has 0 atom stereocenters. The van der Waals surface area contributed by atoms with Crippen molar-refractivity contribution in [3.8, 4) is 0 Å². The molecule has 0 saturated carbocycles. The lowest BCUT2D eigenvalue weighted by Gasteiger charge is -2.36. The van der Waals surface area contributed by atoms with Gasteiger partial charge in [-0.05, 0) is 19.8 Å². The molecule has 0 radical (unpaired) electrons. The van der Waals surface area contributed by atoms with Crippen LogP contribution in [0.4, 0.5) is 4.79 Å². The predicted octanol–water partition coefficient (Wildman–Crippen LogP) is 0.875. The van der Waals surface area contributed by atoms with Gasteiger partial charge in [0.1, 0.15) is 0 Å². The SMILES string of the molecule is Cc1ncoc1C(=O)NCCN(C(=O)N(C)C)C1CCOCC1. The smallest absolute Gasteiger partial charge is 0.319 e. The number of nitrogens with one attached hydrogen (secondary N) is 1. The van der Waals surface area contributed by atoms with Crippen molar-refractivity contribution in [2.45, 2.75) is 25.8 Å². The number of urea groups is 1. The lowest BCUT2D eigenvalue weighted by molar-refractivity contribution is 0.0415. The van der Waals surface area contributed by atoms with Crippen molar-refractivity contribution in [3.63, 3.8) is 0 Å².